The normalized spacial score (nSPS) is 12.7. The number of hydrogen-bond acceptors (Lipinski definition) is 3. The van der Waals surface area contributed by atoms with Gasteiger partial charge in [0, 0.05) is 13.7 Å². The largest absolute Gasteiger partial charge is 0.508 e. The average molecular weight is 210 g/mol. The summed E-state index contributed by atoms with van der Waals surface area (Å²) in [6, 6.07) is 6.93. The van der Waals surface area contributed by atoms with Crippen molar-refractivity contribution in [2.24, 2.45) is 0 Å². The summed E-state index contributed by atoms with van der Waals surface area (Å²) in [6.45, 7) is 0.687. The summed E-state index contributed by atoms with van der Waals surface area (Å²) in [5, 5.41) is 18.8. The standard InChI is InChI=1S/C12H18O3/c1-15-8-2-3-12(14)9-10-4-6-11(13)7-5-10/h4-7,12-14H,2-3,8-9H2,1H3. The zero-order valence-corrected chi connectivity index (χ0v) is 9.02. The van der Waals surface area contributed by atoms with E-state index in [0.29, 0.717) is 13.0 Å². The van der Waals surface area contributed by atoms with Gasteiger partial charge in [0.15, 0.2) is 0 Å². The minimum Gasteiger partial charge on any atom is -0.508 e. The maximum atomic E-state index is 9.68. The van der Waals surface area contributed by atoms with Crippen LogP contribution in [-0.2, 0) is 11.2 Å². The smallest absolute Gasteiger partial charge is 0.115 e. The van der Waals surface area contributed by atoms with Crippen LogP contribution in [0.5, 0.6) is 5.75 Å². The maximum Gasteiger partial charge on any atom is 0.115 e. The molecule has 0 aliphatic rings. The van der Waals surface area contributed by atoms with Gasteiger partial charge < -0.3 is 14.9 Å². The lowest BCUT2D eigenvalue weighted by Crippen LogP contribution is -2.11. The zero-order valence-electron chi connectivity index (χ0n) is 9.02. The van der Waals surface area contributed by atoms with Crippen LogP contribution in [0.25, 0.3) is 0 Å². The number of rotatable bonds is 6. The molecule has 0 fully saturated rings. The third-order valence-corrected chi connectivity index (χ3v) is 2.29. The predicted molar refractivity (Wildman–Crippen MR) is 58.9 cm³/mol. The van der Waals surface area contributed by atoms with Crippen LogP contribution < -0.4 is 0 Å². The highest BCUT2D eigenvalue weighted by Gasteiger charge is 2.05. The molecule has 0 radical (unpaired) electrons. The summed E-state index contributed by atoms with van der Waals surface area (Å²) in [7, 11) is 1.66. The number of aliphatic hydroxyl groups is 1. The van der Waals surface area contributed by atoms with Crippen molar-refractivity contribution < 1.29 is 14.9 Å². The molecule has 1 aromatic rings. The Morgan fingerprint density at radius 2 is 1.93 bits per heavy atom. The van der Waals surface area contributed by atoms with Crippen LogP contribution in [0.2, 0.25) is 0 Å². The van der Waals surface area contributed by atoms with Gasteiger partial charge in [-0.05, 0) is 37.0 Å². The minimum absolute atomic E-state index is 0.257. The topological polar surface area (TPSA) is 49.7 Å². The molecule has 1 rings (SSSR count). The van der Waals surface area contributed by atoms with Gasteiger partial charge in [0.05, 0.1) is 6.10 Å². The van der Waals surface area contributed by atoms with Crippen LogP contribution in [0.1, 0.15) is 18.4 Å². The van der Waals surface area contributed by atoms with Gasteiger partial charge in [0.1, 0.15) is 5.75 Å². The van der Waals surface area contributed by atoms with Crippen molar-refractivity contribution in [3.63, 3.8) is 0 Å². The molecule has 0 saturated heterocycles. The van der Waals surface area contributed by atoms with Crippen molar-refractivity contribution in [3.05, 3.63) is 29.8 Å². The fourth-order valence-electron chi connectivity index (χ4n) is 1.47. The molecule has 0 amide bonds. The quantitative estimate of drug-likeness (QED) is 0.703. The van der Waals surface area contributed by atoms with Crippen molar-refractivity contribution in [2.75, 3.05) is 13.7 Å². The minimum atomic E-state index is -0.329. The molecular weight excluding hydrogens is 192 g/mol. The lowest BCUT2D eigenvalue weighted by molar-refractivity contribution is 0.135. The number of benzene rings is 1. The Hall–Kier alpha value is -1.06. The summed E-state index contributed by atoms with van der Waals surface area (Å²) in [5.41, 5.74) is 1.04. The summed E-state index contributed by atoms with van der Waals surface area (Å²) in [5.74, 6) is 0.257. The molecule has 3 nitrogen and oxygen atoms in total. The van der Waals surface area contributed by atoms with Gasteiger partial charge in [0.2, 0.25) is 0 Å². The second kappa shape index (κ2) is 6.43. The second-order valence-corrected chi connectivity index (χ2v) is 3.66. The van der Waals surface area contributed by atoms with Crippen LogP contribution in [0.15, 0.2) is 24.3 Å². The van der Waals surface area contributed by atoms with Gasteiger partial charge in [-0.3, -0.25) is 0 Å². The number of methoxy groups -OCH3 is 1. The molecule has 15 heavy (non-hydrogen) atoms. The first kappa shape index (κ1) is 12.0. The molecule has 0 heterocycles. The number of ether oxygens (including phenoxy) is 1. The van der Waals surface area contributed by atoms with E-state index < -0.39 is 0 Å². The molecule has 0 bridgehead atoms. The number of aliphatic hydroxyl groups excluding tert-OH is 1. The Balaban J connectivity index is 2.31. The van der Waals surface area contributed by atoms with E-state index in [1.165, 1.54) is 0 Å². The van der Waals surface area contributed by atoms with Crippen molar-refractivity contribution in [2.45, 2.75) is 25.4 Å². The van der Waals surface area contributed by atoms with Crippen molar-refractivity contribution in [1.82, 2.24) is 0 Å². The molecule has 3 heteroatoms. The van der Waals surface area contributed by atoms with Gasteiger partial charge in [-0.1, -0.05) is 12.1 Å². The highest BCUT2D eigenvalue weighted by molar-refractivity contribution is 5.26. The number of phenolic OH excluding ortho intramolecular Hbond substituents is 1. The first-order valence-corrected chi connectivity index (χ1v) is 5.17. The number of aromatic hydroxyl groups is 1. The summed E-state index contributed by atoms with van der Waals surface area (Å²) in [4.78, 5) is 0. The lowest BCUT2D eigenvalue weighted by Gasteiger charge is -2.10. The summed E-state index contributed by atoms with van der Waals surface area (Å²) in [6.07, 6.45) is 1.92. The van der Waals surface area contributed by atoms with E-state index in [2.05, 4.69) is 0 Å². The molecule has 84 valence electrons. The van der Waals surface area contributed by atoms with E-state index in [1.54, 1.807) is 19.2 Å². The van der Waals surface area contributed by atoms with E-state index in [-0.39, 0.29) is 11.9 Å². The van der Waals surface area contributed by atoms with Gasteiger partial charge in [0.25, 0.3) is 0 Å². The molecule has 0 aliphatic heterocycles. The number of phenols is 1. The Morgan fingerprint density at radius 1 is 1.27 bits per heavy atom. The van der Waals surface area contributed by atoms with Crippen LogP contribution >= 0.6 is 0 Å². The molecular formula is C12H18O3. The van der Waals surface area contributed by atoms with E-state index in [4.69, 9.17) is 9.84 Å². The molecule has 0 spiro atoms. The van der Waals surface area contributed by atoms with Crippen LogP contribution in [0.3, 0.4) is 0 Å². The van der Waals surface area contributed by atoms with Gasteiger partial charge in [-0.25, -0.2) is 0 Å². The fraction of sp³-hybridized carbons (Fsp3) is 0.500. The molecule has 1 aromatic carbocycles. The molecule has 0 aliphatic carbocycles. The fourth-order valence-corrected chi connectivity index (χ4v) is 1.47. The highest BCUT2D eigenvalue weighted by Crippen LogP contribution is 2.12. The molecule has 1 atom stereocenters. The summed E-state index contributed by atoms with van der Waals surface area (Å²) < 4.78 is 4.91. The van der Waals surface area contributed by atoms with Gasteiger partial charge in [-0.2, -0.15) is 0 Å². The second-order valence-electron chi connectivity index (χ2n) is 3.66. The van der Waals surface area contributed by atoms with Crippen LogP contribution in [0.4, 0.5) is 0 Å². The van der Waals surface area contributed by atoms with E-state index >= 15 is 0 Å². The molecule has 0 aromatic heterocycles. The Labute approximate surface area is 90.3 Å². The van der Waals surface area contributed by atoms with Gasteiger partial charge in [-0.15, -0.1) is 0 Å². The first-order chi connectivity index (χ1) is 7.22. The maximum absolute atomic E-state index is 9.68. The molecule has 0 saturated carbocycles. The van der Waals surface area contributed by atoms with Crippen molar-refractivity contribution >= 4 is 0 Å². The zero-order chi connectivity index (χ0) is 11.1. The van der Waals surface area contributed by atoms with Crippen LogP contribution in [-0.4, -0.2) is 30.0 Å². The molecule has 1 unspecified atom stereocenters. The Bertz CT molecular complexity index is 269. The Morgan fingerprint density at radius 3 is 2.53 bits per heavy atom. The van der Waals surface area contributed by atoms with Gasteiger partial charge >= 0.3 is 0 Å². The number of hydrogen-bond donors (Lipinski definition) is 2. The van der Waals surface area contributed by atoms with Crippen LogP contribution in [0, 0.1) is 0 Å². The SMILES string of the molecule is COCCCC(O)Cc1ccc(O)cc1. The first-order valence-electron chi connectivity index (χ1n) is 5.17. The lowest BCUT2D eigenvalue weighted by atomic mass is 10.0. The predicted octanol–water partition coefficient (Wildman–Crippen LogP) is 1.72. The molecule has 2 N–H and O–H groups in total. The van der Waals surface area contributed by atoms with Crippen molar-refractivity contribution in [3.8, 4) is 5.75 Å². The average Bonchev–Trinajstić information content (AvgIpc) is 2.22. The Kier molecular flexibility index (Phi) is 5.15. The van der Waals surface area contributed by atoms with Crippen molar-refractivity contribution in [1.29, 1.82) is 0 Å². The van der Waals surface area contributed by atoms with E-state index in [0.717, 1.165) is 18.4 Å². The third kappa shape index (κ3) is 4.81. The summed E-state index contributed by atoms with van der Waals surface area (Å²) >= 11 is 0. The monoisotopic (exact) mass is 210 g/mol. The highest BCUT2D eigenvalue weighted by atomic mass is 16.5. The third-order valence-electron chi connectivity index (χ3n) is 2.29. The van der Waals surface area contributed by atoms with E-state index in [1.807, 2.05) is 12.1 Å². The van der Waals surface area contributed by atoms with E-state index in [9.17, 15) is 5.11 Å².